The molecular formula is C20H16N2O3S. The number of ether oxygens (including phenoxy) is 1. The van der Waals surface area contributed by atoms with Gasteiger partial charge in [-0.1, -0.05) is 41.2 Å². The summed E-state index contributed by atoms with van der Waals surface area (Å²) in [6.45, 7) is 2.03. The van der Waals surface area contributed by atoms with E-state index in [1.54, 1.807) is 34.9 Å². The Morgan fingerprint density at radius 1 is 1.23 bits per heavy atom. The number of aromatic nitrogens is 2. The highest BCUT2D eigenvalue weighted by Crippen LogP contribution is 2.26. The van der Waals surface area contributed by atoms with Crippen LogP contribution in [0, 0.1) is 6.92 Å². The molecular weight excluding hydrogens is 348 g/mol. The van der Waals surface area contributed by atoms with Gasteiger partial charge >= 0.3 is 0 Å². The minimum atomic E-state index is -0.108. The van der Waals surface area contributed by atoms with E-state index in [0.29, 0.717) is 15.2 Å². The maximum atomic E-state index is 12.7. The zero-order chi connectivity index (χ0) is 18.3. The standard InChI is InChI=1S/C20H16N2O3S/c1-12-4-3-5-14(8-12)15-11-22-19(24)18(26-20(22)21-15)10-13-6-7-16(23)17(9-13)25-2/h3-11,23H,1-2H3/b18-10-. The number of benzene rings is 2. The first-order valence-electron chi connectivity index (χ1n) is 8.03. The predicted octanol–water partition coefficient (Wildman–Crippen LogP) is 2.99. The van der Waals surface area contributed by atoms with Gasteiger partial charge in [0.05, 0.1) is 17.3 Å². The molecule has 0 unspecified atom stereocenters. The second kappa shape index (κ2) is 6.31. The van der Waals surface area contributed by atoms with E-state index in [2.05, 4.69) is 4.98 Å². The normalized spacial score (nSPS) is 12.0. The summed E-state index contributed by atoms with van der Waals surface area (Å²) in [5.41, 5.74) is 3.60. The van der Waals surface area contributed by atoms with Gasteiger partial charge in [-0.05, 0) is 36.8 Å². The molecule has 0 aliphatic carbocycles. The zero-order valence-corrected chi connectivity index (χ0v) is 15.1. The molecule has 2 aromatic heterocycles. The summed E-state index contributed by atoms with van der Waals surface area (Å²) in [6, 6.07) is 13.0. The fourth-order valence-electron chi connectivity index (χ4n) is 2.81. The maximum Gasteiger partial charge on any atom is 0.274 e. The minimum Gasteiger partial charge on any atom is -0.504 e. The van der Waals surface area contributed by atoms with Gasteiger partial charge in [0.25, 0.3) is 5.56 Å². The number of nitrogens with zero attached hydrogens (tertiary/aromatic N) is 2. The largest absolute Gasteiger partial charge is 0.504 e. The molecule has 2 aromatic carbocycles. The number of hydrogen-bond donors (Lipinski definition) is 1. The van der Waals surface area contributed by atoms with Gasteiger partial charge in [0.2, 0.25) is 0 Å². The van der Waals surface area contributed by atoms with Crippen molar-refractivity contribution in [3.63, 3.8) is 0 Å². The molecule has 5 nitrogen and oxygen atoms in total. The molecule has 4 rings (SSSR count). The topological polar surface area (TPSA) is 63.8 Å². The van der Waals surface area contributed by atoms with E-state index in [4.69, 9.17) is 4.74 Å². The smallest absolute Gasteiger partial charge is 0.274 e. The molecule has 130 valence electrons. The average molecular weight is 364 g/mol. The molecule has 0 radical (unpaired) electrons. The lowest BCUT2D eigenvalue weighted by Gasteiger charge is -2.03. The first-order chi connectivity index (χ1) is 12.5. The second-order valence-electron chi connectivity index (χ2n) is 6.00. The van der Waals surface area contributed by atoms with Crippen molar-refractivity contribution in [1.82, 2.24) is 9.38 Å². The molecule has 0 saturated carbocycles. The van der Waals surface area contributed by atoms with Crippen molar-refractivity contribution in [3.05, 3.63) is 74.7 Å². The van der Waals surface area contributed by atoms with Gasteiger partial charge in [0.1, 0.15) is 0 Å². The van der Waals surface area contributed by atoms with Gasteiger partial charge < -0.3 is 9.84 Å². The van der Waals surface area contributed by atoms with Crippen molar-refractivity contribution in [2.75, 3.05) is 7.11 Å². The van der Waals surface area contributed by atoms with Gasteiger partial charge in [0.15, 0.2) is 16.5 Å². The summed E-state index contributed by atoms with van der Waals surface area (Å²) >= 11 is 1.34. The van der Waals surface area contributed by atoms with Crippen LogP contribution in [0.25, 0.3) is 22.3 Å². The number of aryl methyl sites for hydroxylation is 1. The molecule has 4 aromatic rings. The van der Waals surface area contributed by atoms with E-state index in [9.17, 15) is 9.90 Å². The predicted molar refractivity (Wildman–Crippen MR) is 103 cm³/mol. The molecule has 0 spiro atoms. The van der Waals surface area contributed by atoms with Crippen LogP contribution in [0.3, 0.4) is 0 Å². The summed E-state index contributed by atoms with van der Waals surface area (Å²) in [7, 11) is 1.49. The van der Waals surface area contributed by atoms with Crippen molar-refractivity contribution in [3.8, 4) is 22.8 Å². The molecule has 0 aliphatic heterocycles. The Morgan fingerprint density at radius 2 is 2.08 bits per heavy atom. The van der Waals surface area contributed by atoms with Crippen LogP contribution in [0.1, 0.15) is 11.1 Å². The summed E-state index contributed by atoms with van der Waals surface area (Å²) in [4.78, 5) is 17.9. The highest BCUT2D eigenvalue weighted by atomic mass is 32.1. The van der Waals surface area contributed by atoms with Gasteiger partial charge in [-0.15, -0.1) is 0 Å². The monoisotopic (exact) mass is 364 g/mol. The summed E-state index contributed by atoms with van der Waals surface area (Å²) in [6.07, 6.45) is 3.55. The van der Waals surface area contributed by atoms with E-state index < -0.39 is 0 Å². The Hall–Kier alpha value is -3.12. The second-order valence-corrected chi connectivity index (χ2v) is 7.00. The Labute approximate surface area is 153 Å². The molecule has 0 aliphatic rings. The first-order valence-corrected chi connectivity index (χ1v) is 8.84. The number of fused-ring (bicyclic) bond motifs is 1. The van der Waals surface area contributed by atoms with Crippen molar-refractivity contribution in [1.29, 1.82) is 0 Å². The molecule has 2 heterocycles. The van der Waals surface area contributed by atoms with Crippen molar-refractivity contribution >= 4 is 22.4 Å². The van der Waals surface area contributed by atoms with E-state index in [-0.39, 0.29) is 11.3 Å². The Bertz CT molecular complexity index is 1220. The molecule has 0 saturated heterocycles. The lowest BCUT2D eigenvalue weighted by molar-refractivity contribution is 0.373. The van der Waals surface area contributed by atoms with Gasteiger partial charge in [-0.3, -0.25) is 9.20 Å². The fourth-order valence-corrected chi connectivity index (χ4v) is 3.77. The van der Waals surface area contributed by atoms with Gasteiger partial charge in [-0.2, -0.15) is 0 Å². The van der Waals surface area contributed by atoms with E-state index in [1.807, 2.05) is 31.2 Å². The van der Waals surface area contributed by atoms with Gasteiger partial charge in [-0.25, -0.2) is 4.98 Å². The zero-order valence-electron chi connectivity index (χ0n) is 14.3. The number of methoxy groups -OCH3 is 1. The molecule has 0 bridgehead atoms. The molecule has 26 heavy (non-hydrogen) atoms. The van der Waals surface area contributed by atoms with Crippen LogP contribution < -0.4 is 14.8 Å². The van der Waals surface area contributed by atoms with E-state index >= 15 is 0 Å². The number of hydrogen-bond acceptors (Lipinski definition) is 5. The van der Waals surface area contributed by atoms with Crippen LogP contribution in [0.15, 0.2) is 53.5 Å². The quantitative estimate of drug-likeness (QED) is 0.607. The Morgan fingerprint density at radius 3 is 2.81 bits per heavy atom. The number of rotatable bonds is 3. The van der Waals surface area contributed by atoms with Crippen LogP contribution in [0.5, 0.6) is 11.5 Å². The number of phenolic OH excluding ortho intramolecular Hbond substituents is 1. The highest BCUT2D eigenvalue weighted by Gasteiger charge is 2.10. The lowest BCUT2D eigenvalue weighted by atomic mass is 10.1. The van der Waals surface area contributed by atoms with Crippen LogP contribution >= 0.6 is 11.3 Å². The number of imidazole rings is 1. The molecule has 0 fully saturated rings. The fraction of sp³-hybridized carbons (Fsp3) is 0.100. The maximum absolute atomic E-state index is 12.7. The summed E-state index contributed by atoms with van der Waals surface area (Å²) in [5.74, 6) is 0.435. The number of phenols is 1. The van der Waals surface area contributed by atoms with Crippen molar-refractivity contribution in [2.24, 2.45) is 0 Å². The third-order valence-corrected chi connectivity index (χ3v) is 5.10. The van der Waals surface area contributed by atoms with E-state index in [1.165, 1.54) is 18.4 Å². The van der Waals surface area contributed by atoms with Crippen LogP contribution in [0.4, 0.5) is 0 Å². The van der Waals surface area contributed by atoms with Crippen LogP contribution in [0.2, 0.25) is 0 Å². The first kappa shape index (κ1) is 16.4. The molecule has 1 N–H and O–H groups in total. The summed E-state index contributed by atoms with van der Waals surface area (Å²) in [5, 5.41) is 9.68. The highest BCUT2D eigenvalue weighted by molar-refractivity contribution is 7.15. The average Bonchev–Trinajstić information content (AvgIpc) is 3.17. The SMILES string of the molecule is COc1cc(/C=c2\sc3nc(-c4cccc(C)c4)cn3c2=O)ccc1O. The minimum absolute atomic E-state index is 0.0655. The van der Waals surface area contributed by atoms with E-state index in [0.717, 1.165) is 22.4 Å². The lowest BCUT2D eigenvalue weighted by Crippen LogP contribution is -2.22. The third kappa shape index (κ3) is 2.84. The Balaban J connectivity index is 1.80. The molecule has 6 heteroatoms. The molecule has 0 atom stereocenters. The number of thiazole rings is 1. The number of aromatic hydroxyl groups is 1. The summed E-state index contributed by atoms with van der Waals surface area (Å²) < 4.78 is 7.26. The van der Waals surface area contributed by atoms with Crippen LogP contribution in [-0.4, -0.2) is 21.6 Å². The molecule has 0 amide bonds. The van der Waals surface area contributed by atoms with Crippen molar-refractivity contribution < 1.29 is 9.84 Å². The third-order valence-electron chi connectivity index (χ3n) is 4.12. The Kier molecular flexibility index (Phi) is 3.97. The van der Waals surface area contributed by atoms with Gasteiger partial charge in [0, 0.05) is 11.8 Å². The van der Waals surface area contributed by atoms with Crippen molar-refractivity contribution in [2.45, 2.75) is 6.92 Å². The van der Waals surface area contributed by atoms with Crippen LogP contribution in [-0.2, 0) is 0 Å².